The van der Waals surface area contributed by atoms with Crippen molar-refractivity contribution in [1.82, 2.24) is 4.90 Å². The van der Waals surface area contributed by atoms with Gasteiger partial charge in [0.2, 0.25) is 0 Å². The van der Waals surface area contributed by atoms with Gasteiger partial charge in [0.05, 0.1) is 6.42 Å². The summed E-state index contributed by atoms with van der Waals surface area (Å²) in [5, 5.41) is 0. The summed E-state index contributed by atoms with van der Waals surface area (Å²) in [5.41, 5.74) is 4.25. The maximum atomic E-state index is 12.8. The largest absolute Gasteiger partial charge is 0.426 e. The fraction of sp³-hybridized carbons (Fsp3) is 0.286. The zero-order valence-corrected chi connectivity index (χ0v) is 18.1. The van der Waals surface area contributed by atoms with E-state index in [0.29, 0.717) is 24.2 Å². The summed E-state index contributed by atoms with van der Waals surface area (Å²) >= 11 is 0. The minimum absolute atomic E-state index is 0.0207. The van der Waals surface area contributed by atoms with Gasteiger partial charge >= 0.3 is 5.97 Å². The molecule has 0 amide bonds. The SMILES string of the molecule is O=C1Cc2ccc(C(=O)CCN3CCC(c4ccccc4)(c4ccccc4)CC3)cc2O1. The number of carbonyl (C=O) groups is 2. The Kier molecular flexibility index (Phi) is 5.62. The first kappa shape index (κ1) is 20.7. The summed E-state index contributed by atoms with van der Waals surface area (Å²) in [7, 11) is 0. The van der Waals surface area contributed by atoms with Crippen molar-refractivity contribution in [2.24, 2.45) is 0 Å². The van der Waals surface area contributed by atoms with E-state index in [4.69, 9.17) is 4.74 Å². The second-order valence-electron chi connectivity index (χ2n) is 8.80. The Morgan fingerprint density at radius 2 is 1.50 bits per heavy atom. The highest BCUT2D eigenvalue weighted by Gasteiger charge is 2.37. The van der Waals surface area contributed by atoms with Crippen molar-refractivity contribution in [2.75, 3.05) is 19.6 Å². The van der Waals surface area contributed by atoms with Gasteiger partial charge in [0.25, 0.3) is 0 Å². The normalized spacial score (nSPS) is 17.6. The molecule has 0 N–H and O–H groups in total. The number of hydrogen-bond acceptors (Lipinski definition) is 4. The molecule has 5 rings (SSSR count). The van der Waals surface area contributed by atoms with Gasteiger partial charge in [-0.2, -0.15) is 0 Å². The number of piperidine rings is 1. The highest BCUT2D eigenvalue weighted by atomic mass is 16.5. The number of nitrogens with zero attached hydrogens (tertiary/aromatic N) is 1. The first-order valence-electron chi connectivity index (χ1n) is 11.3. The molecule has 2 aliphatic rings. The highest BCUT2D eigenvalue weighted by Crippen LogP contribution is 2.41. The molecule has 32 heavy (non-hydrogen) atoms. The van der Waals surface area contributed by atoms with Crippen LogP contribution in [-0.2, 0) is 16.6 Å². The van der Waals surface area contributed by atoms with Crippen molar-refractivity contribution in [1.29, 1.82) is 0 Å². The van der Waals surface area contributed by atoms with Crippen molar-refractivity contribution < 1.29 is 14.3 Å². The third kappa shape index (κ3) is 3.98. The Morgan fingerprint density at radius 3 is 2.12 bits per heavy atom. The minimum Gasteiger partial charge on any atom is -0.426 e. The van der Waals surface area contributed by atoms with E-state index in [1.54, 1.807) is 6.07 Å². The van der Waals surface area contributed by atoms with Gasteiger partial charge in [-0.3, -0.25) is 9.59 Å². The predicted octanol–water partition coefficient (Wildman–Crippen LogP) is 4.80. The molecular formula is C28H27NO3. The van der Waals surface area contributed by atoms with Crippen molar-refractivity contribution in [3.63, 3.8) is 0 Å². The maximum absolute atomic E-state index is 12.8. The molecule has 162 valence electrons. The van der Waals surface area contributed by atoms with Crippen LogP contribution in [-0.4, -0.2) is 36.3 Å². The van der Waals surface area contributed by atoms with Crippen LogP contribution in [0.5, 0.6) is 5.75 Å². The molecule has 1 fully saturated rings. The van der Waals surface area contributed by atoms with E-state index in [1.165, 1.54) is 11.1 Å². The Bertz CT molecular complexity index is 1070. The minimum atomic E-state index is -0.252. The maximum Gasteiger partial charge on any atom is 0.315 e. The quantitative estimate of drug-likeness (QED) is 0.323. The molecule has 4 heteroatoms. The van der Waals surface area contributed by atoms with E-state index < -0.39 is 0 Å². The second kappa shape index (κ2) is 8.71. The third-order valence-corrected chi connectivity index (χ3v) is 6.97. The predicted molar refractivity (Wildman–Crippen MR) is 124 cm³/mol. The van der Waals surface area contributed by atoms with E-state index in [-0.39, 0.29) is 17.2 Å². The van der Waals surface area contributed by atoms with Crippen molar-refractivity contribution in [3.8, 4) is 5.75 Å². The van der Waals surface area contributed by atoms with Gasteiger partial charge in [0, 0.05) is 29.5 Å². The van der Waals surface area contributed by atoms with Gasteiger partial charge < -0.3 is 9.64 Å². The Balaban J connectivity index is 1.25. The standard InChI is InChI=1S/C28H27NO3/c30-25(21-11-12-22-20-27(31)32-26(22)19-21)13-16-29-17-14-28(15-18-29,23-7-3-1-4-8-23)24-9-5-2-6-10-24/h1-12,19H,13-18,20H2. The van der Waals surface area contributed by atoms with Crippen LogP contribution >= 0.6 is 0 Å². The van der Waals surface area contributed by atoms with Gasteiger partial charge in [-0.15, -0.1) is 0 Å². The lowest BCUT2D eigenvalue weighted by Crippen LogP contribution is -2.43. The molecule has 0 bridgehead atoms. The number of benzene rings is 3. The average Bonchev–Trinajstić information content (AvgIpc) is 3.23. The molecule has 0 saturated carbocycles. The lowest BCUT2D eigenvalue weighted by molar-refractivity contribution is -0.131. The fourth-order valence-corrected chi connectivity index (χ4v) is 5.10. The van der Waals surface area contributed by atoms with Crippen molar-refractivity contribution in [2.45, 2.75) is 31.1 Å². The first-order valence-corrected chi connectivity index (χ1v) is 11.3. The second-order valence-corrected chi connectivity index (χ2v) is 8.80. The number of likely N-dealkylation sites (tertiary alicyclic amines) is 1. The molecule has 2 heterocycles. The Labute approximate surface area is 188 Å². The van der Waals surface area contributed by atoms with E-state index in [1.807, 2.05) is 12.1 Å². The summed E-state index contributed by atoms with van der Waals surface area (Å²) in [6.45, 7) is 2.66. The van der Waals surface area contributed by atoms with Crippen molar-refractivity contribution in [3.05, 3.63) is 101 Å². The molecule has 1 saturated heterocycles. The van der Waals surface area contributed by atoms with E-state index >= 15 is 0 Å². The van der Waals surface area contributed by atoms with Gasteiger partial charge in [-0.05, 0) is 43.1 Å². The van der Waals surface area contributed by atoms with E-state index in [2.05, 4.69) is 65.6 Å². The van der Waals surface area contributed by atoms with Crippen LogP contribution < -0.4 is 4.74 Å². The summed E-state index contributed by atoms with van der Waals surface area (Å²) in [6.07, 6.45) is 2.83. The zero-order chi connectivity index (χ0) is 22.0. The van der Waals surface area contributed by atoms with E-state index in [9.17, 15) is 9.59 Å². The molecule has 0 atom stereocenters. The Morgan fingerprint density at radius 1 is 0.875 bits per heavy atom. The van der Waals surface area contributed by atoms with Crippen LogP contribution in [0.15, 0.2) is 78.9 Å². The zero-order valence-electron chi connectivity index (χ0n) is 18.1. The molecule has 0 unspecified atom stereocenters. The number of ketones is 1. The third-order valence-electron chi connectivity index (χ3n) is 6.97. The molecule has 0 aliphatic carbocycles. The monoisotopic (exact) mass is 425 g/mol. The summed E-state index contributed by atoms with van der Waals surface area (Å²) in [5.74, 6) is 0.381. The van der Waals surface area contributed by atoms with Gasteiger partial charge in [-0.25, -0.2) is 0 Å². The molecule has 0 aromatic heterocycles. The number of esters is 1. The molecule has 2 aliphatic heterocycles. The highest BCUT2D eigenvalue weighted by molar-refractivity contribution is 5.97. The Hall–Kier alpha value is -3.24. The lowest BCUT2D eigenvalue weighted by atomic mass is 9.68. The summed E-state index contributed by atoms with van der Waals surface area (Å²) in [6, 6.07) is 27.0. The summed E-state index contributed by atoms with van der Waals surface area (Å²) < 4.78 is 5.20. The number of hydrogen-bond donors (Lipinski definition) is 0. The molecule has 3 aromatic rings. The van der Waals surface area contributed by atoms with Crippen LogP contribution in [0.3, 0.4) is 0 Å². The molecular weight excluding hydrogens is 398 g/mol. The number of carbonyl (C=O) groups excluding carboxylic acids is 2. The first-order chi connectivity index (χ1) is 15.6. The average molecular weight is 426 g/mol. The molecule has 0 radical (unpaired) electrons. The summed E-state index contributed by atoms with van der Waals surface area (Å²) in [4.78, 5) is 26.6. The van der Waals surface area contributed by atoms with E-state index in [0.717, 1.165) is 38.0 Å². The number of ether oxygens (including phenoxy) is 1. The lowest BCUT2D eigenvalue weighted by Gasteiger charge is -2.43. The van der Waals surface area contributed by atoms with Gasteiger partial charge in [-0.1, -0.05) is 72.8 Å². The van der Waals surface area contributed by atoms with Crippen LogP contribution in [0.4, 0.5) is 0 Å². The topological polar surface area (TPSA) is 46.6 Å². The molecule has 4 nitrogen and oxygen atoms in total. The fourth-order valence-electron chi connectivity index (χ4n) is 5.10. The number of rotatable bonds is 6. The number of Topliss-reactive ketones (excluding diaryl/α,β-unsaturated/α-hetero) is 1. The van der Waals surface area contributed by atoms with Crippen LogP contribution in [0.2, 0.25) is 0 Å². The van der Waals surface area contributed by atoms with Gasteiger partial charge in [0.15, 0.2) is 5.78 Å². The molecule has 3 aromatic carbocycles. The van der Waals surface area contributed by atoms with Crippen LogP contribution in [0, 0.1) is 0 Å². The van der Waals surface area contributed by atoms with Crippen LogP contribution in [0.1, 0.15) is 46.3 Å². The van der Waals surface area contributed by atoms with Crippen LogP contribution in [0.25, 0.3) is 0 Å². The smallest absolute Gasteiger partial charge is 0.315 e. The molecule has 0 spiro atoms. The van der Waals surface area contributed by atoms with Crippen molar-refractivity contribution >= 4 is 11.8 Å². The number of fused-ring (bicyclic) bond motifs is 1. The van der Waals surface area contributed by atoms with Gasteiger partial charge in [0.1, 0.15) is 5.75 Å².